The van der Waals surface area contributed by atoms with Crippen molar-refractivity contribution in [2.75, 3.05) is 0 Å². The van der Waals surface area contributed by atoms with Gasteiger partial charge in [0.15, 0.2) is 0 Å². The first-order chi connectivity index (χ1) is 5.34. The van der Waals surface area contributed by atoms with Gasteiger partial charge in [-0.3, -0.25) is 4.79 Å². The summed E-state index contributed by atoms with van der Waals surface area (Å²) in [6.07, 6.45) is 1.02. The number of carbonyl (C=O) groups is 1. The molecule has 2 rings (SSSR count). The number of hydrogen-bond donors (Lipinski definition) is 0. The van der Waals surface area contributed by atoms with Gasteiger partial charge < -0.3 is 4.74 Å². The summed E-state index contributed by atoms with van der Waals surface area (Å²) in [5.74, 6) is 0.764. The average Bonchev–Trinajstić information content (AvgIpc) is 2.30. The van der Waals surface area contributed by atoms with Crippen molar-refractivity contribution in [3.63, 3.8) is 0 Å². The van der Waals surface area contributed by atoms with Crippen LogP contribution >= 0.6 is 0 Å². The zero-order chi connectivity index (χ0) is 9.15. The van der Waals surface area contributed by atoms with Gasteiger partial charge in [-0.15, -0.1) is 0 Å². The van der Waals surface area contributed by atoms with Crippen molar-refractivity contribution in [1.29, 1.82) is 0 Å². The molecule has 1 saturated heterocycles. The highest BCUT2D eigenvalue weighted by Crippen LogP contribution is 2.64. The molecule has 1 saturated carbocycles. The normalized spacial score (nSPS) is 41.5. The van der Waals surface area contributed by atoms with E-state index < -0.39 is 0 Å². The van der Waals surface area contributed by atoms with E-state index in [9.17, 15) is 4.79 Å². The Labute approximate surface area is 73.3 Å². The van der Waals surface area contributed by atoms with Gasteiger partial charge >= 0.3 is 5.97 Å². The van der Waals surface area contributed by atoms with Crippen LogP contribution in [0.4, 0.5) is 0 Å². The third-order valence-corrected chi connectivity index (χ3v) is 3.39. The molecule has 0 bridgehead atoms. The van der Waals surface area contributed by atoms with Crippen molar-refractivity contribution in [1.82, 2.24) is 0 Å². The first kappa shape index (κ1) is 8.09. The molecule has 2 aliphatic rings. The number of ether oxygens (including phenoxy) is 1. The highest BCUT2D eigenvalue weighted by Gasteiger charge is 2.66. The van der Waals surface area contributed by atoms with E-state index in [-0.39, 0.29) is 22.9 Å². The highest BCUT2D eigenvalue weighted by molar-refractivity contribution is 5.79. The molecule has 0 aromatic rings. The van der Waals surface area contributed by atoms with Crippen molar-refractivity contribution < 1.29 is 9.53 Å². The zero-order valence-electron chi connectivity index (χ0n) is 8.18. The molecule has 2 nitrogen and oxygen atoms in total. The van der Waals surface area contributed by atoms with E-state index in [1.807, 2.05) is 13.8 Å². The molecule has 0 spiro atoms. The van der Waals surface area contributed by atoms with Crippen LogP contribution in [0, 0.1) is 17.3 Å². The van der Waals surface area contributed by atoms with E-state index in [1.54, 1.807) is 0 Å². The van der Waals surface area contributed by atoms with E-state index in [0.29, 0.717) is 5.92 Å². The summed E-state index contributed by atoms with van der Waals surface area (Å²) in [5.41, 5.74) is -0.0309. The Kier molecular flexibility index (Phi) is 1.25. The fourth-order valence-electron chi connectivity index (χ4n) is 2.50. The summed E-state index contributed by atoms with van der Waals surface area (Å²) in [5, 5.41) is 0. The molecule has 0 aromatic heterocycles. The Hall–Kier alpha value is -0.530. The quantitative estimate of drug-likeness (QED) is 0.517. The van der Waals surface area contributed by atoms with Crippen LogP contribution in [0.25, 0.3) is 0 Å². The van der Waals surface area contributed by atoms with Crippen LogP contribution in [0.5, 0.6) is 0 Å². The van der Waals surface area contributed by atoms with Crippen molar-refractivity contribution in [3.8, 4) is 0 Å². The van der Waals surface area contributed by atoms with Crippen LogP contribution in [0.2, 0.25) is 0 Å². The Morgan fingerprint density at radius 2 is 1.92 bits per heavy atom. The number of cyclic esters (lactones) is 1. The molecule has 1 aliphatic heterocycles. The van der Waals surface area contributed by atoms with Crippen LogP contribution in [0.15, 0.2) is 0 Å². The molecular weight excluding hydrogens is 152 g/mol. The first-order valence-electron chi connectivity index (χ1n) is 4.57. The van der Waals surface area contributed by atoms with Crippen LogP contribution in [0.1, 0.15) is 34.1 Å². The summed E-state index contributed by atoms with van der Waals surface area (Å²) in [6, 6.07) is 0. The van der Waals surface area contributed by atoms with Gasteiger partial charge in [0.1, 0.15) is 5.60 Å². The van der Waals surface area contributed by atoms with E-state index in [1.165, 1.54) is 0 Å². The Bertz CT molecular complexity index is 238. The lowest BCUT2D eigenvalue weighted by Gasteiger charge is -2.28. The molecule has 68 valence electrons. The lowest BCUT2D eigenvalue weighted by atomic mass is 9.96. The molecule has 2 fully saturated rings. The van der Waals surface area contributed by atoms with Gasteiger partial charge in [0, 0.05) is 0 Å². The van der Waals surface area contributed by atoms with Crippen molar-refractivity contribution in [2.45, 2.75) is 39.7 Å². The third-order valence-electron chi connectivity index (χ3n) is 3.39. The van der Waals surface area contributed by atoms with Crippen molar-refractivity contribution in [2.24, 2.45) is 17.3 Å². The average molecular weight is 168 g/mol. The molecule has 1 heterocycles. The number of esters is 1. The molecule has 12 heavy (non-hydrogen) atoms. The van der Waals surface area contributed by atoms with E-state index >= 15 is 0 Å². The zero-order valence-corrected chi connectivity index (χ0v) is 8.18. The van der Waals surface area contributed by atoms with Crippen molar-refractivity contribution >= 4 is 5.97 Å². The summed E-state index contributed by atoms with van der Waals surface area (Å²) >= 11 is 0. The van der Waals surface area contributed by atoms with Gasteiger partial charge in [-0.05, 0) is 31.6 Å². The summed E-state index contributed by atoms with van der Waals surface area (Å²) in [7, 11) is 0. The minimum absolute atomic E-state index is 0.0150. The Morgan fingerprint density at radius 3 is 2.42 bits per heavy atom. The number of hydrogen-bond acceptors (Lipinski definition) is 2. The first-order valence-corrected chi connectivity index (χ1v) is 4.57. The van der Waals surface area contributed by atoms with E-state index in [4.69, 9.17) is 4.74 Å². The maximum absolute atomic E-state index is 11.4. The predicted octanol–water partition coefficient (Wildman–Crippen LogP) is 1.98. The van der Waals surface area contributed by atoms with Crippen LogP contribution < -0.4 is 0 Å². The van der Waals surface area contributed by atoms with Crippen molar-refractivity contribution in [3.05, 3.63) is 0 Å². The number of rotatable bonds is 0. The molecule has 1 unspecified atom stereocenters. The standard InChI is InChI=1S/C10H16O2/c1-9(2)5-6-7(8(11)12-9)10(6,3)4/h6-7H,5H2,1-4H3/t6?,7-/m1/s1. The smallest absolute Gasteiger partial charge is 0.310 e. The SMILES string of the molecule is CC1(C)CC2[C@H](C(=O)O1)C2(C)C. The molecule has 2 heteroatoms. The van der Waals surface area contributed by atoms with Gasteiger partial charge in [-0.2, -0.15) is 0 Å². The number of carbonyl (C=O) groups excluding carboxylic acids is 1. The second-order valence-corrected chi connectivity index (χ2v) is 5.29. The van der Waals surface area contributed by atoms with Gasteiger partial charge in [-0.25, -0.2) is 0 Å². The molecule has 2 atom stereocenters. The van der Waals surface area contributed by atoms with Crippen LogP contribution in [0.3, 0.4) is 0 Å². The minimum atomic E-state index is -0.230. The van der Waals surface area contributed by atoms with Gasteiger partial charge in [0.2, 0.25) is 0 Å². The van der Waals surface area contributed by atoms with Gasteiger partial charge in [0.05, 0.1) is 5.92 Å². The maximum Gasteiger partial charge on any atom is 0.310 e. The Balaban J connectivity index is 2.21. The lowest BCUT2D eigenvalue weighted by molar-refractivity contribution is -0.164. The molecule has 1 aliphatic carbocycles. The second-order valence-electron chi connectivity index (χ2n) is 5.29. The minimum Gasteiger partial charge on any atom is -0.459 e. The monoisotopic (exact) mass is 168 g/mol. The van der Waals surface area contributed by atoms with E-state index in [2.05, 4.69) is 13.8 Å². The predicted molar refractivity (Wildman–Crippen MR) is 45.5 cm³/mol. The maximum atomic E-state index is 11.4. The molecule has 0 amide bonds. The molecule has 0 aromatic carbocycles. The number of fused-ring (bicyclic) bond motifs is 1. The summed E-state index contributed by atoms with van der Waals surface area (Å²) < 4.78 is 5.32. The van der Waals surface area contributed by atoms with E-state index in [0.717, 1.165) is 6.42 Å². The largest absolute Gasteiger partial charge is 0.459 e. The van der Waals surface area contributed by atoms with Crippen LogP contribution in [-0.2, 0) is 9.53 Å². The Morgan fingerprint density at radius 1 is 1.33 bits per heavy atom. The summed E-state index contributed by atoms with van der Waals surface area (Å²) in [6.45, 7) is 8.31. The van der Waals surface area contributed by atoms with Gasteiger partial charge in [-0.1, -0.05) is 13.8 Å². The fourth-order valence-corrected chi connectivity index (χ4v) is 2.50. The molecule has 0 N–H and O–H groups in total. The topological polar surface area (TPSA) is 26.3 Å². The van der Waals surface area contributed by atoms with Crippen LogP contribution in [-0.4, -0.2) is 11.6 Å². The lowest BCUT2D eigenvalue weighted by Crippen LogP contribution is -2.33. The molecular formula is C10H16O2. The van der Waals surface area contributed by atoms with Gasteiger partial charge in [0.25, 0.3) is 0 Å². The highest BCUT2D eigenvalue weighted by atomic mass is 16.6. The third kappa shape index (κ3) is 0.900. The summed E-state index contributed by atoms with van der Waals surface area (Å²) in [4.78, 5) is 11.4. The fraction of sp³-hybridized carbons (Fsp3) is 0.900. The molecule has 0 radical (unpaired) electrons. The second kappa shape index (κ2) is 1.86.